The SMILES string of the molecule is CC(=O)OC1CC(=O)N1c1cccc(CN2C(=O)[C@@]3(O[C@@H](CCn4cc(C(CO)c5ccccc5)nn4)[C@H]([Si](C)(C)O)[C@H]3C)c3cc([N+](=O)[O-])ccc32)c1. The summed E-state index contributed by atoms with van der Waals surface area (Å²) >= 11 is 0. The van der Waals surface area contributed by atoms with Gasteiger partial charge < -0.3 is 24.3 Å². The van der Waals surface area contributed by atoms with Gasteiger partial charge in [-0.25, -0.2) is 0 Å². The molecule has 3 aromatic carbocycles. The van der Waals surface area contributed by atoms with Crippen molar-refractivity contribution in [3.63, 3.8) is 0 Å². The first-order valence-electron chi connectivity index (χ1n) is 17.9. The molecule has 3 aliphatic rings. The van der Waals surface area contributed by atoms with Gasteiger partial charge in [0.1, 0.15) is 0 Å². The van der Waals surface area contributed by atoms with Gasteiger partial charge >= 0.3 is 5.97 Å². The number of benzene rings is 3. The Morgan fingerprint density at radius 2 is 1.89 bits per heavy atom. The van der Waals surface area contributed by atoms with E-state index < -0.39 is 54.5 Å². The molecule has 16 heteroatoms. The van der Waals surface area contributed by atoms with E-state index in [-0.39, 0.29) is 37.1 Å². The van der Waals surface area contributed by atoms with Crippen molar-refractivity contribution in [2.45, 2.75) is 82.3 Å². The number of aromatic nitrogens is 3. The largest absolute Gasteiger partial charge is 0.441 e. The number of carbonyl (C=O) groups excluding carboxylic acids is 3. The summed E-state index contributed by atoms with van der Waals surface area (Å²) in [6.07, 6.45) is 0.867. The maximum atomic E-state index is 14.9. The number of anilines is 2. The fourth-order valence-electron chi connectivity index (χ4n) is 8.47. The van der Waals surface area contributed by atoms with Crippen LogP contribution < -0.4 is 9.80 Å². The molecule has 54 heavy (non-hydrogen) atoms. The van der Waals surface area contributed by atoms with Crippen LogP contribution in [0, 0.1) is 16.0 Å². The summed E-state index contributed by atoms with van der Waals surface area (Å²) in [7, 11) is -3.05. The zero-order valence-corrected chi connectivity index (χ0v) is 31.4. The Kier molecular flexibility index (Phi) is 9.72. The molecule has 7 rings (SSSR count). The van der Waals surface area contributed by atoms with Gasteiger partial charge in [-0.05, 0) is 48.8 Å². The molecule has 2 saturated heterocycles. The highest BCUT2D eigenvalue weighted by molar-refractivity contribution is 6.71. The number of fused-ring (bicyclic) bond motifs is 2. The molecule has 1 aromatic heterocycles. The predicted octanol–water partition coefficient (Wildman–Crippen LogP) is 4.37. The van der Waals surface area contributed by atoms with E-state index in [1.165, 1.54) is 24.0 Å². The molecule has 0 aliphatic carbocycles. The molecule has 6 atom stereocenters. The molecule has 0 radical (unpaired) electrons. The molecule has 1 spiro atoms. The first kappa shape index (κ1) is 37.0. The van der Waals surface area contributed by atoms with Crippen molar-refractivity contribution in [3.8, 4) is 0 Å². The minimum atomic E-state index is -3.05. The van der Waals surface area contributed by atoms with E-state index in [4.69, 9.17) is 9.47 Å². The van der Waals surface area contributed by atoms with E-state index in [9.17, 15) is 34.4 Å². The lowest BCUT2D eigenvalue weighted by Crippen LogP contribution is -2.54. The number of ether oxygens (including phenoxy) is 2. The molecule has 0 bridgehead atoms. The van der Waals surface area contributed by atoms with Crippen LogP contribution in [-0.4, -0.2) is 74.9 Å². The summed E-state index contributed by atoms with van der Waals surface area (Å²) in [4.78, 5) is 65.3. The molecule has 4 aromatic rings. The molecular formula is C38H42N6O9Si. The molecule has 2 amide bonds. The number of nitro groups is 1. The van der Waals surface area contributed by atoms with E-state index in [1.807, 2.05) is 37.3 Å². The van der Waals surface area contributed by atoms with Crippen LogP contribution in [0.3, 0.4) is 0 Å². The number of nitrogens with zero attached hydrogens (tertiary/aromatic N) is 6. The third kappa shape index (κ3) is 6.48. The van der Waals surface area contributed by atoms with Crippen LogP contribution in [0.4, 0.5) is 17.1 Å². The number of non-ortho nitro benzene ring substituents is 1. The molecule has 2 unspecified atom stereocenters. The Bertz CT molecular complexity index is 2110. The number of nitro benzene ring substituents is 1. The fourth-order valence-corrected chi connectivity index (χ4v) is 11.1. The van der Waals surface area contributed by atoms with E-state index in [0.29, 0.717) is 41.2 Å². The van der Waals surface area contributed by atoms with E-state index in [2.05, 4.69) is 10.3 Å². The standard InChI is InChI=1S/C38H42N6O9Si/c1-23-36(54(3,4)51)33(15-16-41-21-31(39-40-41)29(22-45)26-10-6-5-7-11-26)53-38(23)30-18-28(44(49)50)13-14-32(30)42(37(38)48)20-25-9-8-12-27(17-25)43-34(47)19-35(43)52-24(2)46/h5-14,17-18,21,23,29,33,35-36,45,51H,15-16,19-20,22H2,1-4H3/t23-,29?,33+,35?,36-,38+/m1/s1. The van der Waals surface area contributed by atoms with Crippen LogP contribution in [0.2, 0.25) is 18.6 Å². The van der Waals surface area contributed by atoms with Crippen molar-refractivity contribution >= 4 is 43.2 Å². The lowest BCUT2D eigenvalue weighted by molar-refractivity contribution is -0.385. The molecule has 2 fully saturated rings. The Morgan fingerprint density at radius 3 is 2.56 bits per heavy atom. The monoisotopic (exact) mass is 754 g/mol. The van der Waals surface area contributed by atoms with Gasteiger partial charge in [-0.1, -0.05) is 54.6 Å². The van der Waals surface area contributed by atoms with Gasteiger partial charge in [-0.2, -0.15) is 0 Å². The summed E-state index contributed by atoms with van der Waals surface area (Å²) in [5.41, 5.74) is 1.22. The molecule has 4 heterocycles. The second-order valence-corrected chi connectivity index (χ2v) is 18.7. The average molecular weight is 755 g/mol. The maximum absolute atomic E-state index is 14.9. The number of carbonyl (C=O) groups is 3. The lowest BCUT2D eigenvalue weighted by Gasteiger charge is -2.39. The van der Waals surface area contributed by atoms with Crippen molar-refractivity contribution in [3.05, 3.63) is 111 Å². The van der Waals surface area contributed by atoms with Crippen LogP contribution in [0.15, 0.2) is 79.0 Å². The number of β-lactam (4-membered cyclic amide) rings is 1. The number of aliphatic hydroxyl groups excluding tert-OH is 1. The quantitative estimate of drug-likeness (QED) is 0.0687. The summed E-state index contributed by atoms with van der Waals surface area (Å²) < 4.78 is 13.8. The number of hydrogen-bond donors (Lipinski definition) is 2. The van der Waals surface area contributed by atoms with Crippen molar-refractivity contribution in [2.24, 2.45) is 5.92 Å². The minimum absolute atomic E-state index is 0.0556. The first-order valence-corrected chi connectivity index (χ1v) is 20.9. The zero-order valence-electron chi connectivity index (χ0n) is 30.4. The lowest BCUT2D eigenvalue weighted by atomic mass is 9.82. The van der Waals surface area contributed by atoms with Crippen LogP contribution in [0.1, 0.15) is 55.0 Å². The van der Waals surface area contributed by atoms with Crippen LogP contribution in [-0.2, 0) is 42.5 Å². The summed E-state index contributed by atoms with van der Waals surface area (Å²) in [5.74, 6) is -2.05. The number of rotatable bonds is 12. The smallest absolute Gasteiger partial charge is 0.304 e. The number of aliphatic hydroxyl groups is 1. The molecule has 15 nitrogen and oxygen atoms in total. The first-order chi connectivity index (χ1) is 25.7. The van der Waals surface area contributed by atoms with Gasteiger partial charge in [0, 0.05) is 54.5 Å². The Balaban J connectivity index is 1.19. The van der Waals surface area contributed by atoms with Gasteiger partial charge in [-0.15, -0.1) is 5.10 Å². The van der Waals surface area contributed by atoms with Crippen LogP contribution >= 0.6 is 0 Å². The van der Waals surface area contributed by atoms with Crippen molar-refractivity contribution in [1.29, 1.82) is 0 Å². The van der Waals surface area contributed by atoms with Crippen molar-refractivity contribution in [2.75, 3.05) is 16.4 Å². The topological polar surface area (TPSA) is 190 Å². The zero-order chi connectivity index (χ0) is 38.5. The maximum Gasteiger partial charge on any atom is 0.304 e. The van der Waals surface area contributed by atoms with E-state index in [1.54, 1.807) is 59.2 Å². The highest BCUT2D eigenvalue weighted by Crippen LogP contribution is 2.60. The van der Waals surface area contributed by atoms with E-state index >= 15 is 0 Å². The van der Waals surface area contributed by atoms with Gasteiger partial charge in [0.25, 0.3) is 11.6 Å². The minimum Gasteiger partial charge on any atom is -0.441 e. The second-order valence-electron chi connectivity index (χ2n) is 14.8. The Hall–Kier alpha value is -5.29. The van der Waals surface area contributed by atoms with Gasteiger partial charge in [0.15, 0.2) is 20.1 Å². The highest BCUT2D eigenvalue weighted by Gasteiger charge is 2.66. The van der Waals surface area contributed by atoms with Crippen LogP contribution in [0.25, 0.3) is 0 Å². The van der Waals surface area contributed by atoms with E-state index in [0.717, 1.165) is 5.56 Å². The Labute approximate surface area is 312 Å². The fraction of sp³-hybridized carbons (Fsp3) is 0.395. The third-order valence-electron chi connectivity index (χ3n) is 10.9. The second kappa shape index (κ2) is 14.2. The third-order valence-corrected chi connectivity index (χ3v) is 13.4. The Morgan fingerprint density at radius 1 is 1.13 bits per heavy atom. The van der Waals surface area contributed by atoms with Gasteiger partial charge in [0.2, 0.25) is 5.91 Å². The van der Waals surface area contributed by atoms with Crippen molar-refractivity contribution in [1.82, 2.24) is 15.0 Å². The number of aryl methyl sites for hydroxylation is 1. The summed E-state index contributed by atoms with van der Waals surface area (Å²) in [6, 6.07) is 20.8. The molecule has 0 saturated carbocycles. The molecule has 2 N–H and O–H groups in total. The normalized spacial score (nSPS) is 24.1. The number of amides is 2. The number of esters is 1. The van der Waals surface area contributed by atoms with Gasteiger partial charge in [-0.3, -0.25) is 34.1 Å². The molecule has 282 valence electrons. The molecule has 3 aliphatic heterocycles. The van der Waals surface area contributed by atoms with Gasteiger partial charge in [0.05, 0.1) is 47.9 Å². The highest BCUT2D eigenvalue weighted by atomic mass is 28.4. The number of hydrogen-bond acceptors (Lipinski definition) is 11. The van der Waals surface area contributed by atoms with Crippen molar-refractivity contribution < 1.29 is 38.7 Å². The average Bonchev–Trinajstić information content (AvgIpc) is 3.78. The summed E-state index contributed by atoms with van der Waals surface area (Å²) in [6.45, 7) is 7.00. The van der Waals surface area contributed by atoms with Crippen LogP contribution in [0.5, 0.6) is 0 Å². The molecular weight excluding hydrogens is 713 g/mol. The summed E-state index contributed by atoms with van der Waals surface area (Å²) in [5, 5.41) is 30.8. The predicted molar refractivity (Wildman–Crippen MR) is 198 cm³/mol.